The fourth-order valence-electron chi connectivity index (χ4n) is 2.80. The molecule has 1 unspecified atom stereocenters. The Balaban J connectivity index is 2.10. The SMILES string of the molecule is Cc1ccc2c(c1)c(C(=O)C1CCCN1)cn2C. The number of carbonyl (C=O) groups excluding carboxylic acids is 1. The number of benzene rings is 1. The summed E-state index contributed by atoms with van der Waals surface area (Å²) in [6.07, 6.45) is 4.02. The molecule has 0 spiro atoms. The molecule has 0 bridgehead atoms. The number of hydrogen-bond acceptors (Lipinski definition) is 2. The van der Waals surface area contributed by atoms with Gasteiger partial charge in [0.15, 0.2) is 5.78 Å². The van der Waals surface area contributed by atoms with Gasteiger partial charge in [-0.05, 0) is 38.4 Å². The fraction of sp³-hybridized carbons (Fsp3) is 0.400. The maximum absolute atomic E-state index is 12.5. The molecule has 3 rings (SSSR count). The van der Waals surface area contributed by atoms with Crippen LogP contribution in [0.2, 0.25) is 0 Å². The lowest BCUT2D eigenvalue weighted by molar-refractivity contribution is 0.0954. The van der Waals surface area contributed by atoms with Gasteiger partial charge in [-0.2, -0.15) is 0 Å². The van der Waals surface area contributed by atoms with Crippen LogP contribution in [0.15, 0.2) is 24.4 Å². The summed E-state index contributed by atoms with van der Waals surface area (Å²) in [6, 6.07) is 6.29. The topological polar surface area (TPSA) is 34.0 Å². The number of rotatable bonds is 2. The molecule has 3 nitrogen and oxygen atoms in total. The summed E-state index contributed by atoms with van der Waals surface area (Å²) >= 11 is 0. The number of carbonyl (C=O) groups is 1. The van der Waals surface area contributed by atoms with E-state index >= 15 is 0 Å². The van der Waals surface area contributed by atoms with Gasteiger partial charge in [0.05, 0.1) is 6.04 Å². The molecule has 0 aliphatic carbocycles. The molecule has 2 heterocycles. The molecule has 1 saturated heterocycles. The molecule has 1 aromatic carbocycles. The van der Waals surface area contributed by atoms with Crippen molar-refractivity contribution in [3.8, 4) is 0 Å². The van der Waals surface area contributed by atoms with Gasteiger partial charge in [0.2, 0.25) is 0 Å². The molecule has 94 valence electrons. The third-order valence-electron chi connectivity index (χ3n) is 3.79. The minimum atomic E-state index is 0.0103. The summed E-state index contributed by atoms with van der Waals surface area (Å²) in [5, 5.41) is 4.36. The van der Waals surface area contributed by atoms with E-state index < -0.39 is 0 Å². The second-order valence-electron chi connectivity index (χ2n) is 5.19. The third-order valence-corrected chi connectivity index (χ3v) is 3.79. The number of fused-ring (bicyclic) bond motifs is 1. The number of aryl methyl sites for hydroxylation is 2. The van der Waals surface area contributed by atoms with E-state index in [0.717, 1.165) is 35.9 Å². The molecule has 1 fully saturated rings. The van der Waals surface area contributed by atoms with Crippen molar-refractivity contribution in [2.24, 2.45) is 7.05 Å². The van der Waals surface area contributed by atoms with E-state index in [1.807, 2.05) is 17.8 Å². The quantitative estimate of drug-likeness (QED) is 0.821. The molecule has 3 heteroatoms. The number of nitrogens with zero attached hydrogens (tertiary/aromatic N) is 1. The van der Waals surface area contributed by atoms with E-state index in [4.69, 9.17) is 0 Å². The van der Waals surface area contributed by atoms with Crippen molar-refractivity contribution in [1.82, 2.24) is 9.88 Å². The second kappa shape index (κ2) is 4.25. The normalized spacial score (nSPS) is 19.6. The standard InChI is InChI=1S/C15H18N2O/c1-10-5-6-14-11(8-10)12(9-17(14)2)15(18)13-4-3-7-16-13/h5-6,8-9,13,16H,3-4,7H2,1-2H3. The smallest absolute Gasteiger partial charge is 0.181 e. The predicted molar refractivity (Wildman–Crippen MR) is 73.0 cm³/mol. The average molecular weight is 242 g/mol. The van der Waals surface area contributed by atoms with Gasteiger partial charge in [-0.1, -0.05) is 11.6 Å². The summed E-state index contributed by atoms with van der Waals surface area (Å²) in [4.78, 5) is 12.5. The lowest BCUT2D eigenvalue weighted by Crippen LogP contribution is -2.30. The largest absolute Gasteiger partial charge is 0.350 e. The van der Waals surface area contributed by atoms with E-state index in [1.54, 1.807) is 0 Å². The van der Waals surface area contributed by atoms with E-state index in [9.17, 15) is 4.79 Å². The van der Waals surface area contributed by atoms with Crippen molar-refractivity contribution in [2.45, 2.75) is 25.8 Å². The molecule has 0 saturated carbocycles. The van der Waals surface area contributed by atoms with Crippen LogP contribution in [0.5, 0.6) is 0 Å². The lowest BCUT2D eigenvalue weighted by atomic mass is 10.0. The highest BCUT2D eigenvalue weighted by atomic mass is 16.1. The van der Waals surface area contributed by atoms with E-state index in [0.29, 0.717) is 0 Å². The van der Waals surface area contributed by atoms with E-state index in [-0.39, 0.29) is 11.8 Å². The van der Waals surface area contributed by atoms with Crippen LogP contribution in [0.4, 0.5) is 0 Å². The van der Waals surface area contributed by atoms with Crippen LogP contribution in [-0.2, 0) is 7.05 Å². The first-order valence-electron chi connectivity index (χ1n) is 6.50. The zero-order valence-electron chi connectivity index (χ0n) is 10.9. The summed E-state index contributed by atoms with van der Waals surface area (Å²) in [7, 11) is 2.00. The number of nitrogens with one attached hydrogen (secondary N) is 1. The van der Waals surface area contributed by atoms with Crippen molar-refractivity contribution in [2.75, 3.05) is 6.54 Å². The second-order valence-corrected chi connectivity index (χ2v) is 5.19. The van der Waals surface area contributed by atoms with Crippen molar-refractivity contribution < 1.29 is 4.79 Å². The zero-order chi connectivity index (χ0) is 12.7. The molecule has 1 aliphatic heterocycles. The van der Waals surface area contributed by atoms with Crippen molar-refractivity contribution >= 4 is 16.7 Å². The lowest BCUT2D eigenvalue weighted by Gasteiger charge is -2.07. The van der Waals surface area contributed by atoms with Gasteiger partial charge in [-0.25, -0.2) is 0 Å². The maximum atomic E-state index is 12.5. The van der Waals surface area contributed by atoms with Crippen molar-refractivity contribution in [1.29, 1.82) is 0 Å². The highest BCUT2D eigenvalue weighted by Crippen LogP contribution is 2.24. The Kier molecular flexibility index (Phi) is 2.71. The predicted octanol–water partition coefficient (Wildman–Crippen LogP) is 2.42. The van der Waals surface area contributed by atoms with Gasteiger partial charge in [0, 0.05) is 29.7 Å². The molecule has 2 aromatic rings. The van der Waals surface area contributed by atoms with Gasteiger partial charge in [0.1, 0.15) is 0 Å². The summed E-state index contributed by atoms with van der Waals surface area (Å²) in [5.74, 6) is 0.240. The Morgan fingerprint density at radius 2 is 2.28 bits per heavy atom. The first kappa shape index (κ1) is 11.5. The van der Waals surface area contributed by atoms with Crippen LogP contribution in [0.25, 0.3) is 10.9 Å². The van der Waals surface area contributed by atoms with E-state index in [2.05, 4.69) is 30.4 Å². The van der Waals surface area contributed by atoms with E-state index in [1.165, 1.54) is 5.56 Å². The Labute approximate surface area is 107 Å². The molecular formula is C15H18N2O. The molecule has 1 aliphatic rings. The summed E-state index contributed by atoms with van der Waals surface area (Å²) in [6.45, 7) is 3.02. The summed E-state index contributed by atoms with van der Waals surface area (Å²) in [5.41, 5.74) is 3.18. The molecular weight excluding hydrogens is 224 g/mol. The minimum Gasteiger partial charge on any atom is -0.350 e. The average Bonchev–Trinajstić information content (AvgIpc) is 2.97. The Hall–Kier alpha value is -1.61. The summed E-state index contributed by atoms with van der Waals surface area (Å²) < 4.78 is 2.04. The first-order valence-corrected chi connectivity index (χ1v) is 6.50. The number of ketones is 1. The Bertz CT molecular complexity index is 606. The van der Waals surface area contributed by atoms with Gasteiger partial charge < -0.3 is 9.88 Å². The van der Waals surface area contributed by atoms with Gasteiger partial charge in [0.25, 0.3) is 0 Å². The molecule has 1 atom stereocenters. The number of Topliss-reactive ketones (excluding diaryl/α,β-unsaturated/α-hetero) is 1. The van der Waals surface area contributed by atoms with Crippen LogP contribution < -0.4 is 5.32 Å². The highest BCUT2D eigenvalue weighted by molar-refractivity contribution is 6.10. The molecule has 0 amide bonds. The number of aromatic nitrogens is 1. The monoisotopic (exact) mass is 242 g/mol. The van der Waals surface area contributed by atoms with Gasteiger partial charge in [-0.15, -0.1) is 0 Å². The Morgan fingerprint density at radius 1 is 1.44 bits per heavy atom. The maximum Gasteiger partial charge on any atom is 0.181 e. The first-order chi connectivity index (χ1) is 8.66. The van der Waals surface area contributed by atoms with Crippen molar-refractivity contribution in [3.63, 3.8) is 0 Å². The van der Waals surface area contributed by atoms with Crippen LogP contribution in [0.1, 0.15) is 28.8 Å². The van der Waals surface area contributed by atoms with Gasteiger partial charge >= 0.3 is 0 Å². The van der Waals surface area contributed by atoms with Gasteiger partial charge in [-0.3, -0.25) is 4.79 Å². The van der Waals surface area contributed by atoms with Crippen LogP contribution in [0, 0.1) is 6.92 Å². The minimum absolute atomic E-state index is 0.0103. The molecule has 18 heavy (non-hydrogen) atoms. The Morgan fingerprint density at radius 3 is 3.00 bits per heavy atom. The third kappa shape index (κ3) is 1.75. The van der Waals surface area contributed by atoms with Crippen LogP contribution in [-0.4, -0.2) is 22.9 Å². The van der Waals surface area contributed by atoms with Crippen molar-refractivity contribution in [3.05, 3.63) is 35.5 Å². The zero-order valence-corrected chi connectivity index (χ0v) is 10.9. The molecule has 1 aromatic heterocycles. The highest BCUT2D eigenvalue weighted by Gasteiger charge is 2.25. The molecule has 1 N–H and O–H groups in total. The van der Waals surface area contributed by atoms with Crippen LogP contribution >= 0.6 is 0 Å². The number of hydrogen-bond donors (Lipinski definition) is 1. The van der Waals surface area contributed by atoms with Crippen LogP contribution in [0.3, 0.4) is 0 Å². The fourth-order valence-corrected chi connectivity index (χ4v) is 2.80. The molecule has 0 radical (unpaired) electrons.